The number of furan rings is 1. The van der Waals surface area contributed by atoms with Gasteiger partial charge in [-0.25, -0.2) is 0 Å². The molecule has 2 aromatic carbocycles. The minimum atomic E-state index is -0.570. The van der Waals surface area contributed by atoms with Crippen LogP contribution >= 0.6 is 0 Å². The molecular formula is C24H25N3O3. The van der Waals surface area contributed by atoms with E-state index in [1.54, 1.807) is 17.0 Å². The predicted octanol–water partition coefficient (Wildman–Crippen LogP) is 3.10. The fourth-order valence-electron chi connectivity index (χ4n) is 3.79. The Morgan fingerprint density at radius 1 is 1.03 bits per heavy atom. The standard InChI is InChI=1S/C24H25N3O3/c1-26(20-10-3-2-4-11-20)14-13-25-23(28)21-16-18-8-5-6-9-19(18)17-27(21)24(29)22-12-7-15-30-22/h2-12,15,21H,13-14,16-17H2,1H3,(H,25,28). The van der Waals surface area contributed by atoms with Crippen molar-refractivity contribution in [2.24, 2.45) is 0 Å². The number of benzene rings is 2. The van der Waals surface area contributed by atoms with Crippen molar-refractivity contribution in [3.8, 4) is 0 Å². The molecule has 0 saturated carbocycles. The maximum Gasteiger partial charge on any atom is 0.290 e. The second-order valence-electron chi connectivity index (χ2n) is 7.45. The van der Waals surface area contributed by atoms with Crippen molar-refractivity contribution < 1.29 is 14.0 Å². The molecule has 6 heteroatoms. The van der Waals surface area contributed by atoms with Gasteiger partial charge in [0.1, 0.15) is 6.04 Å². The van der Waals surface area contributed by atoms with E-state index in [2.05, 4.69) is 10.2 Å². The number of nitrogens with zero attached hydrogens (tertiary/aromatic N) is 2. The number of amides is 2. The van der Waals surface area contributed by atoms with E-state index < -0.39 is 6.04 Å². The van der Waals surface area contributed by atoms with E-state index in [-0.39, 0.29) is 17.6 Å². The summed E-state index contributed by atoms with van der Waals surface area (Å²) in [6.45, 7) is 1.55. The van der Waals surface area contributed by atoms with Crippen LogP contribution in [0.5, 0.6) is 0 Å². The molecule has 0 saturated heterocycles. The number of carbonyl (C=O) groups is 2. The summed E-state index contributed by atoms with van der Waals surface area (Å²) in [5.41, 5.74) is 3.25. The fourth-order valence-corrected chi connectivity index (χ4v) is 3.79. The van der Waals surface area contributed by atoms with Crippen molar-refractivity contribution in [1.29, 1.82) is 0 Å². The van der Waals surface area contributed by atoms with Gasteiger partial charge in [-0.2, -0.15) is 0 Å². The molecule has 1 atom stereocenters. The van der Waals surface area contributed by atoms with Gasteiger partial charge in [0, 0.05) is 38.8 Å². The van der Waals surface area contributed by atoms with Gasteiger partial charge < -0.3 is 19.5 Å². The molecule has 154 valence electrons. The van der Waals surface area contributed by atoms with Gasteiger partial charge in [0.2, 0.25) is 5.91 Å². The largest absolute Gasteiger partial charge is 0.459 e. The SMILES string of the molecule is CN(CCNC(=O)C1Cc2ccccc2CN1C(=O)c1ccco1)c1ccccc1. The number of para-hydroxylation sites is 1. The predicted molar refractivity (Wildman–Crippen MR) is 115 cm³/mol. The lowest BCUT2D eigenvalue weighted by Crippen LogP contribution is -2.53. The third-order valence-electron chi connectivity index (χ3n) is 5.49. The first kappa shape index (κ1) is 19.8. The monoisotopic (exact) mass is 403 g/mol. The highest BCUT2D eigenvalue weighted by Gasteiger charge is 2.35. The van der Waals surface area contributed by atoms with Crippen LogP contribution in [-0.4, -0.2) is 42.9 Å². The summed E-state index contributed by atoms with van der Waals surface area (Å²) >= 11 is 0. The molecular weight excluding hydrogens is 378 g/mol. The van der Waals surface area contributed by atoms with Crippen LogP contribution < -0.4 is 10.2 Å². The molecule has 0 aliphatic carbocycles. The average Bonchev–Trinajstić information content (AvgIpc) is 3.33. The first-order chi connectivity index (χ1) is 14.6. The Morgan fingerprint density at radius 2 is 1.77 bits per heavy atom. The second kappa shape index (κ2) is 8.86. The van der Waals surface area contributed by atoms with Gasteiger partial charge in [-0.05, 0) is 35.4 Å². The summed E-state index contributed by atoms with van der Waals surface area (Å²) in [4.78, 5) is 29.7. The first-order valence-electron chi connectivity index (χ1n) is 10.1. The van der Waals surface area contributed by atoms with E-state index >= 15 is 0 Å². The van der Waals surface area contributed by atoms with Crippen LogP contribution in [0.25, 0.3) is 0 Å². The molecule has 1 aliphatic heterocycles. The van der Waals surface area contributed by atoms with Crippen molar-refractivity contribution >= 4 is 17.5 Å². The summed E-state index contributed by atoms with van der Waals surface area (Å²) < 4.78 is 5.30. The van der Waals surface area contributed by atoms with E-state index in [0.29, 0.717) is 26.1 Å². The van der Waals surface area contributed by atoms with Crippen LogP contribution in [0.3, 0.4) is 0 Å². The van der Waals surface area contributed by atoms with E-state index in [9.17, 15) is 9.59 Å². The number of fused-ring (bicyclic) bond motifs is 1. The zero-order valence-electron chi connectivity index (χ0n) is 17.0. The van der Waals surface area contributed by atoms with E-state index in [4.69, 9.17) is 4.42 Å². The molecule has 0 bridgehead atoms. The summed E-state index contributed by atoms with van der Waals surface area (Å²) in [7, 11) is 1.99. The fraction of sp³-hybridized carbons (Fsp3) is 0.250. The molecule has 3 aromatic rings. The highest BCUT2D eigenvalue weighted by atomic mass is 16.3. The zero-order valence-corrected chi connectivity index (χ0v) is 17.0. The number of rotatable bonds is 6. The number of hydrogen-bond acceptors (Lipinski definition) is 4. The number of anilines is 1. The van der Waals surface area contributed by atoms with Gasteiger partial charge >= 0.3 is 0 Å². The summed E-state index contributed by atoms with van der Waals surface area (Å²) in [6, 6.07) is 20.7. The Morgan fingerprint density at radius 3 is 2.50 bits per heavy atom. The molecule has 1 aliphatic rings. The smallest absolute Gasteiger partial charge is 0.290 e. The van der Waals surface area contributed by atoms with Gasteiger partial charge in [0.25, 0.3) is 5.91 Å². The molecule has 2 heterocycles. The third-order valence-corrected chi connectivity index (χ3v) is 5.49. The van der Waals surface area contributed by atoms with Gasteiger partial charge in [-0.1, -0.05) is 42.5 Å². The Kier molecular flexibility index (Phi) is 5.84. The van der Waals surface area contributed by atoms with Crippen LogP contribution in [-0.2, 0) is 17.8 Å². The Bertz CT molecular complexity index is 1000. The lowest BCUT2D eigenvalue weighted by atomic mass is 9.93. The minimum Gasteiger partial charge on any atom is -0.459 e. The van der Waals surface area contributed by atoms with Crippen molar-refractivity contribution in [1.82, 2.24) is 10.2 Å². The van der Waals surface area contributed by atoms with Crippen LogP contribution in [0.1, 0.15) is 21.7 Å². The molecule has 0 radical (unpaired) electrons. The number of carbonyl (C=O) groups excluding carboxylic acids is 2. The molecule has 0 spiro atoms. The minimum absolute atomic E-state index is 0.147. The number of nitrogens with one attached hydrogen (secondary N) is 1. The quantitative estimate of drug-likeness (QED) is 0.687. The number of hydrogen-bond donors (Lipinski definition) is 1. The lowest BCUT2D eigenvalue weighted by Gasteiger charge is -2.35. The highest BCUT2D eigenvalue weighted by molar-refractivity contribution is 5.96. The van der Waals surface area contributed by atoms with Crippen LogP contribution in [0, 0.1) is 0 Å². The van der Waals surface area contributed by atoms with Gasteiger partial charge in [-0.3, -0.25) is 9.59 Å². The van der Waals surface area contributed by atoms with Crippen LogP contribution in [0.2, 0.25) is 0 Å². The third kappa shape index (κ3) is 4.22. The summed E-state index contributed by atoms with van der Waals surface area (Å²) in [5, 5.41) is 3.01. The van der Waals surface area contributed by atoms with E-state index in [1.807, 2.05) is 61.6 Å². The maximum atomic E-state index is 13.1. The topological polar surface area (TPSA) is 65.8 Å². The van der Waals surface area contributed by atoms with Gasteiger partial charge in [0.05, 0.1) is 6.26 Å². The molecule has 1 N–H and O–H groups in total. The Hall–Kier alpha value is -3.54. The Balaban J connectivity index is 1.45. The summed E-state index contributed by atoms with van der Waals surface area (Å²) in [6.07, 6.45) is 1.96. The van der Waals surface area contributed by atoms with E-state index in [1.165, 1.54) is 6.26 Å². The van der Waals surface area contributed by atoms with Crippen molar-refractivity contribution in [3.63, 3.8) is 0 Å². The lowest BCUT2D eigenvalue weighted by molar-refractivity contribution is -0.126. The Labute approximate surface area is 176 Å². The molecule has 1 aromatic heterocycles. The van der Waals surface area contributed by atoms with E-state index in [0.717, 1.165) is 16.8 Å². The first-order valence-corrected chi connectivity index (χ1v) is 10.1. The average molecular weight is 403 g/mol. The number of likely N-dealkylation sites (N-methyl/N-ethyl adjacent to an activating group) is 1. The van der Waals surface area contributed by atoms with Gasteiger partial charge in [0.15, 0.2) is 5.76 Å². The van der Waals surface area contributed by atoms with Crippen LogP contribution in [0.15, 0.2) is 77.4 Å². The molecule has 1 unspecified atom stereocenters. The normalized spacial score (nSPS) is 15.4. The van der Waals surface area contributed by atoms with Crippen molar-refractivity contribution in [3.05, 3.63) is 89.9 Å². The highest BCUT2D eigenvalue weighted by Crippen LogP contribution is 2.25. The molecule has 4 rings (SSSR count). The second-order valence-corrected chi connectivity index (χ2v) is 7.45. The zero-order chi connectivity index (χ0) is 20.9. The van der Waals surface area contributed by atoms with Crippen LogP contribution in [0.4, 0.5) is 5.69 Å². The molecule has 30 heavy (non-hydrogen) atoms. The summed E-state index contributed by atoms with van der Waals surface area (Å²) in [5.74, 6) is -0.169. The van der Waals surface area contributed by atoms with Gasteiger partial charge in [-0.15, -0.1) is 0 Å². The van der Waals surface area contributed by atoms with Crippen molar-refractivity contribution in [2.45, 2.75) is 19.0 Å². The molecule has 2 amide bonds. The molecule has 6 nitrogen and oxygen atoms in total. The van der Waals surface area contributed by atoms with Crippen molar-refractivity contribution in [2.75, 3.05) is 25.0 Å². The molecule has 0 fully saturated rings. The maximum absolute atomic E-state index is 13.1.